The van der Waals surface area contributed by atoms with Crippen LogP contribution in [0, 0.1) is 6.92 Å². The number of aryl methyl sites for hydroxylation is 1. The van der Waals surface area contributed by atoms with Gasteiger partial charge in [-0.3, -0.25) is 4.79 Å². The molecule has 2 N–H and O–H groups in total. The van der Waals surface area contributed by atoms with E-state index < -0.39 is 0 Å². The first kappa shape index (κ1) is 14.5. The van der Waals surface area contributed by atoms with E-state index in [-0.39, 0.29) is 5.91 Å². The Morgan fingerprint density at radius 3 is 2.59 bits per heavy atom. The number of amides is 1. The summed E-state index contributed by atoms with van der Waals surface area (Å²) in [5.74, 6) is 1.28. The van der Waals surface area contributed by atoms with Crippen molar-refractivity contribution >= 4 is 28.4 Å². The number of carbonyl (C=O) groups is 1. The van der Waals surface area contributed by atoms with Gasteiger partial charge in [-0.25, -0.2) is 0 Å². The third-order valence-corrected chi connectivity index (χ3v) is 3.69. The molecule has 5 heteroatoms. The standard InChI is InChI=1S/C17H15ClN2O2/c1-10-16(14-9-12(18)5-8-15(14)20-10)22-13-6-3-11(4-7-13)17(21)19-2/h3-9,20H,1-2H3,(H,19,21). The minimum atomic E-state index is -0.124. The number of hydrogen-bond donors (Lipinski definition) is 2. The van der Waals surface area contributed by atoms with Crippen LogP contribution in [0.1, 0.15) is 16.1 Å². The van der Waals surface area contributed by atoms with Gasteiger partial charge in [0.25, 0.3) is 5.91 Å². The minimum Gasteiger partial charge on any atom is -0.455 e. The summed E-state index contributed by atoms with van der Waals surface area (Å²) in [6.07, 6.45) is 0. The van der Waals surface area contributed by atoms with Gasteiger partial charge in [-0.1, -0.05) is 11.6 Å². The molecule has 0 bridgehead atoms. The molecule has 3 aromatic rings. The molecule has 0 unspecified atom stereocenters. The van der Waals surface area contributed by atoms with E-state index in [1.54, 1.807) is 31.3 Å². The fourth-order valence-electron chi connectivity index (χ4n) is 2.34. The number of halogens is 1. The molecule has 22 heavy (non-hydrogen) atoms. The highest BCUT2D eigenvalue weighted by atomic mass is 35.5. The molecule has 112 valence electrons. The first-order valence-corrected chi connectivity index (χ1v) is 7.24. The van der Waals surface area contributed by atoms with Crippen molar-refractivity contribution in [3.63, 3.8) is 0 Å². The maximum absolute atomic E-state index is 11.5. The van der Waals surface area contributed by atoms with Gasteiger partial charge < -0.3 is 15.0 Å². The third kappa shape index (κ3) is 2.65. The van der Waals surface area contributed by atoms with E-state index in [2.05, 4.69) is 10.3 Å². The summed E-state index contributed by atoms with van der Waals surface area (Å²) in [6, 6.07) is 12.6. The number of nitrogens with one attached hydrogen (secondary N) is 2. The molecule has 0 radical (unpaired) electrons. The number of benzene rings is 2. The monoisotopic (exact) mass is 314 g/mol. The highest BCUT2D eigenvalue weighted by molar-refractivity contribution is 6.31. The Balaban J connectivity index is 1.94. The Labute approximate surface area is 133 Å². The van der Waals surface area contributed by atoms with Gasteiger partial charge in [0.1, 0.15) is 5.75 Å². The second-order valence-corrected chi connectivity index (χ2v) is 5.41. The average Bonchev–Trinajstić information content (AvgIpc) is 2.83. The number of carbonyl (C=O) groups excluding carboxylic acids is 1. The van der Waals surface area contributed by atoms with Crippen molar-refractivity contribution in [2.45, 2.75) is 6.92 Å². The Morgan fingerprint density at radius 1 is 1.18 bits per heavy atom. The van der Waals surface area contributed by atoms with Crippen LogP contribution in [0.5, 0.6) is 11.5 Å². The molecule has 3 rings (SSSR count). The lowest BCUT2D eigenvalue weighted by atomic mass is 10.2. The summed E-state index contributed by atoms with van der Waals surface area (Å²) in [5.41, 5.74) is 2.49. The summed E-state index contributed by atoms with van der Waals surface area (Å²) < 4.78 is 5.96. The predicted molar refractivity (Wildman–Crippen MR) is 88.0 cm³/mol. The summed E-state index contributed by atoms with van der Waals surface area (Å²) in [5, 5.41) is 4.18. The molecule has 0 saturated carbocycles. The quantitative estimate of drug-likeness (QED) is 0.758. The molecule has 1 amide bonds. The number of ether oxygens (including phenoxy) is 1. The number of rotatable bonds is 3. The van der Waals surface area contributed by atoms with Crippen molar-refractivity contribution in [2.75, 3.05) is 7.05 Å². The van der Waals surface area contributed by atoms with Crippen molar-refractivity contribution in [1.29, 1.82) is 0 Å². The summed E-state index contributed by atoms with van der Waals surface area (Å²) in [4.78, 5) is 14.8. The first-order valence-electron chi connectivity index (χ1n) is 6.86. The Kier molecular flexibility index (Phi) is 3.77. The molecule has 0 saturated heterocycles. The number of hydrogen-bond acceptors (Lipinski definition) is 2. The van der Waals surface area contributed by atoms with E-state index in [0.717, 1.165) is 22.3 Å². The smallest absolute Gasteiger partial charge is 0.251 e. The highest BCUT2D eigenvalue weighted by Gasteiger charge is 2.11. The van der Waals surface area contributed by atoms with Gasteiger partial charge in [-0.05, 0) is 49.4 Å². The van der Waals surface area contributed by atoms with Crippen LogP contribution in [0.4, 0.5) is 0 Å². The zero-order valence-corrected chi connectivity index (χ0v) is 13.0. The molecule has 0 aliphatic heterocycles. The summed E-state index contributed by atoms with van der Waals surface area (Å²) in [6.45, 7) is 1.95. The Morgan fingerprint density at radius 2 is 1.91 bits per heavy atom. The van der Waals surface area contributed by atoms with Gasteiger partial charge in [-0.15, -0.1) is 0 Å². The predicted octanol–water partition coefficient (Wildman–Crippen LogP) is 4.28. The number of H-pyrrole nitrogens is 1. The van der Waals surface area contributed by atoms with Gasteiger partial charge in [0.05, 0.1) is 5.69 Å². The molecule has 0 fully saturated rings. The maximum Gasteiger partial charge on any atom is 0.251 e. The lowest BCUT2D eigenvalue weighted by molar-refractivity contribution is 0.0963. The van der Waals surface area contributed by atoms with Gasteiger partial charge in [-0.2, -0.15) is 0 Å². The van der Waals surface area contributed by atoms with E-state index in [1.807, 2.05) is 25.1 Å². The van der Waals surface area contributed by atoms with Gasteiger partial charge in [0.15, 0.2) is 5.75 Å². The van der Waals surface area contributed by atoms with Crippen molar-refractivity contribution in [3.05, 3.63) is 58.7 Å². The first-order chi connectivity index (χ1) is 10.6. The van der Waals surface area contributed by atoms with Crippen molar-refractivity contribution < 1.29 is 9.53 Å². The van der Waals surface area contributed by atoms with Crippen LogP contribution in [0.3, 0.4) is 0 Å². The maximum atomic E-state index is 11.5. The Bertz CT molecular complexity index is 838. The number of aromatic amines is 1. The normalized spacial score (nSPS) is 10.7. The highest BCUT2D eigenvalue weighted by Crippen LogP contribution is 2.34. The minimum absolute atomic E-state index is 0.124. The van der Waals surface area contributed by atoms with Gasteiger partial charge >= 0.3 is 0 Å². The lowest BCUT2D eigenvalue weighted by Gasteiger charge is -2.07. The molecular weight excluding hydrogens is 300 g/mol. The molecular formula is C17H15ClN2O2. The van der Waals surface area contributed by atoms with E-state index in [0.29, 0.717) is 16.3 Å². The zero-order chi connectivity index (χ0) is 15.7. The zero-order valence-electron chi connectivity index (χ0n) is 12.2. The molecule has 0 spiro atoms. The van der Waals surface area contributed by atoms with Crippen LogP contribution in [0.15, 0.2) is 42.5 Å². The second-order valence-electron chi connectivity index (χ2n) is 4.97. The molecule has 1 aromatic heterocycles. The van der Waals surface area contributed by atoms with Crippen molar-refractivity contribution in [1.82, 2.24) is 10.3 Å². The van der Waals surface area contributed by atoms with Crippen molar-refractivity contribution in [3.8, 4) is 11.5 Å². The SMILES string of the molecule is CNC(=O)c1ccc(Oc2c(C)[nH]c3ccc(Cl)cc23)cc1. The van der Waals surface area contributed by atoms with Crippen molar-refractivity contribution in [2.24, 2.45) is 0 Å². The van der Waals surface area contributed by atoms with Gasteiger partial charge in [0, 0.05) is 28.5 Å². The third-order valence-electron chi connectivity index (χ3n) is 3.45. The molecule has 0 aliphatic carbocycles. The van der Waals surface area contributed by atoms with Crippen LogP contribution in [0.25, 0.3) is 10.9 Å². The van der Waals surface area contributed by atoms with Crippen LogP contribution in [0.2, 0.25) is 5.02 Å². The largest absolute Gasteiger partial charge is 0.455 e. The molecule has 2 aromatic carbocycles. The Hall–Kier alpha value is -2.46. The van der Waals surface area contributed by atoms with Crippen LogP contribution in [-0.4, -0.2) is 17.9 Å². The van der Waals surface area contributed by atoms with Crippen LogP contribution in [-0.2, 0) is 0 Å². The molecule has 4 nitrogen and oxygen atoms in total. The second kappa shape index (κ2) is 5.73. The van der Waals surface area contributed by atoms with E-state index in [9.17, 15) is 4.79 Å². The van der Waals surface area contributed by atoms with Crippen LogP contribution >= 0.6 is 11.6 Å². The lowest BCUT2D eigenvalue weighted by Crippen LogP contribution is -2.17. The van der Waals surface area contributed by atoms with E-state index >= 15 is 0 Å². The average molecular weight is 315 g/mol. The van der Waals surface area contributed by atoms with E-state index in [1.165, 1.54) is 0 Å². The van der Waals surface area contributed by atoms with Crippen LogP contribution < -0.4 is 10.1 Å². The fourth-order valence-corrected chi connectivity index (χ4v) is 2.51. The summed E-state index contributed by atoms with van der Waals surface area (Å²) >= 11 is 6.06. The van der Waals surface area contributed by atoms with Gasteiger partial charge in [0.2, 0.25) is 0 Å². The number of fused-ring (bicyclic) bond motifs is 1. The molecule has 0 atom stereocenters. The fraction of sp³-hybridized carbons (Fsp3) is 0.118. The molecule has 0 aliphatic rings. The van der Waals surface area contributed by atoms with E-state index in [4.69, 9.17) is 16.3 Å². The molecule has 1 heterocycles. The summed E-state index contributed by atoms with van der Waals surface area (Å²) in [7, 11) is 1.60. The number of aromatic nitrogens is 1. The topological polar surface area (TPSA) is 54.1 Å².